The van der Waals surface area contributed by atoms with E-state index >= 15 is 0 Å². The van der Waals surface area contributed by atoms with E-state index in [0.717, 1.165) is 28.0 Å². The van der Waals surface area contributed by atoms with Gasteiger partial charge >= 0.3 is 0 Å². The number of carbonyl (C=O) groups excluding carboxylic acids is 1. The second-order valence-electron chi connectivity index (χ2n) is 7.55. The van der Waals surface area contributed by atoms with E-state index in [9.17, 15) is 14.7 Å². The summed E-state index contributed by atoms with van der Waals surface area (Å²) in [6, 6.07) is 18.8. The largest absolute Gasteiger partial charge is 0.497 e. The molecule has 0 spiro atoms. The zero-order valence-corrected chi connectivity index (χ0v) is 17.4. The van der Waals surface area contributed by atoms with Crippen molar-refractivity contribution in [3.05, 3.63) is 88.3 Å². The average Bonchev–Trinajstić information content (AvgIpc) is 2.74. The second-order valence-corrected chi connectivity index (χ2v) is 7.55. The highest BCUT2D eigenvalue weighted by Crippen LogP contribution is 2.22. The van der Waals surface area contributed by atoms with Crippen LogP contribution in [-0.2, 0) is 17.9 Å². The van der Waals surface area contributed by atoms with Gasteiger partial charge in [0.2, 0.25) is 0 Å². The van der Waals surface area contributed by atoms with Crippen LogP contribution in [0.5, 0.6) is 5.75 Å². The molecule has 156 valence electrons. The molecule has 6 heteroatoms. The van der Waals surface area contributed by atoms with Crippen molar-refractivity contribution in [3.8, 4) is 16.9 Å². The van der Waals surface area contributed by atoms with Crippen molar-refractivity contribution in [2.75, 3.05) is 7.11 Å². The standard InChI is InChI=1S/C24H26N2O4/c1-17-12-13-26(22(27)14-17)16-24(2,29)23(28)25-15-18-4-6-19(7-5-18)20-8-10-21(30-3)11-9-20/h4-14,29H,15-16H2,1-3H3,(H,25,28). The lowest BCUT2D eigenvalue weighted by atomic mass is 10.0. The third kappa shape index (κ3) is 5.15. The van der Waals surface area contributed by atoms with E-state index in [4.69, 9.17) is 4.74 Å². The van der Waals surface area contributed by atoms with Gasteiger partial charge in [-0.05, 0) is 54.3 Å². The first-order chi connectivity index (χ1) is 14.3. The fourth-order valence-electron chi connectivity index (χ4n) is 3.11. The molecule has 0 bridgehead atoms. The molecule has 1 amide bonds. The Morgan fingerprint density at radius 1 is 1.07 bits per heavy atom. The van der Waals surface area contributed by atoms with Crippen molar-refractivity contribution in [3.63, 3.8) is 0 Å². The molecule has 3 aromatic rings. The molecule has 0 fully saturated rings. The van der Waals surface area contributed by atoms with E-state index in [2.05, 4.69) is 5.32 Å². The van der Waals surface area contributed by atoms with Gasteiger partial charge < -0.3 is 19.7 Å². The molecule has 3 rings (SSSR count). The van der Waals surface area contributed by atoms with E-state index < -0.39 is 11.5 Å². The average molecular weight is 406 g/mol. The summed E-state index contributed by atoms with van der Waals surface area (Å²) in [4.78, 5) is 24.5. The maximum absolute atomic E-state index is 12.5. The van der Waals surface area contributed by atoms with Gasteiger partial charge in [-0.1, -0.05) is 36.4 Å². The van der Waals surface area contributed by atoms with Crippen LogP contribution in [0.25, 0.3) is 11.1 Å². The minimum Gasteiger partial charge on any atom is -0.497 e. The fourth-order valence-corrected chi connectivity index (χ4v) is 3.11. The van der Waals surface area contributed by atoms with Gasteiger partial charge in [-0.15, -0.1) is 0 Å². The number of hydrogen-bond acceptors (Lipinski definition) is 4. The number of carbonyl (C=O) groups is 1. The Kier molecular flexibility index (Phi) is 6.37. The summed E-state index contributed by atoms with van der Waals surface area (Å²) < 4.78 is 6.51. The smallest absolute Gasteiger partial charge is 0.253 e. The summed E-state index contributed by atoms with van der Waals surface area (Å²) in [5, 5.41) is 13.3. The molecule has 30 heavy (non-hydrogen) atoms. The Balaban J connectivity index is 1.61. The quantitative estimate of drug-likeness (QED) is 0.632. The van der Waals surface area contributed by atoms with Gasteiger partial charge in [-0.3, -0.25) is 9.59 Å². The van der Waals surface area contributed by atoms with Gasteiger partial charge in [0.15, 0.2) is 5.60 Å². The lowest BCUT2D eigenvalue weighted by molar-refractivity contribution is -0.139. The minimum absolute atomic E-state index is 0.117. The number of aromatic nitrogens is 1. The lowest BCUT2D eigenvalue weighted by Crippen LogP contribution is -2.48. The van der Waals surface area contributed by atoms with Gasteiger partial charge in [0.05, 0.1) is 13.7 Å². The Bertz CT molecular complexity index is 1070. The van der Waals surface area contributed by atoms with Crippen molar-refractivity contribution >= 4 is 5.91 Å². The van der Waals surface area contributed by atoms with Crippen molar-refractivity contribution in [2.45, 2.75) is 32.5 Å². The number of nitrogens with one attached hydrogen (secondary N) is 1. The number of pyridine rings is 1. The molecule has 1 atom stereocenters. The van der Waals surface area contributed by atoms with Crippen LogP contribution in [-0.4, -0.2) is 28.3 Å². The summed E-state index contributed by atoms with van der Waals surface area (Å²) in [7, 11) is 1.63. The van der Waals surface area contributed by atoms with Crippen LogP contribution < -0.4 is 15.6 Å². The van der Waals surface area contributed by atoms with E-state index in [-0.39, 0.29) is 18.6 Å². The molecule has 0 aliphatic rings. The van der Waals surface area contributed by atoms with Gasteiger partial charge in [-0.2, -0.15) is 0 Å². The van der Waals surface area contributed by atoms with Crippen LogP contribution in [0.1, 0.15) is 18.1 Å². The first-order valence-electron chi connectivity index (χ1n) is 9.70. The molecular formula is C24H26N2O4. The topological polar surface area (TPSA) is 80.6 Å². The van der Waals surface area contributed by atoms with E-state index in [1.54, 1.807) is 19.4 Å². The second kappa shape index (κ2) is 8.97. The molecule has 0 aliphatic heterocycles. The third-order valence-corrected chi connectivity index (χ3v) is 4.95. The Labute approximate surface area is 175 Å². The molecule has 2 aromatic carbocycles. The van der Waals surface area contributed by atoms with Gasteiger partial charge in [0.1, 0.15) is 5.75 Å². The molecule has 2 N–H and O–H groups in total. The van der Waals surface area contributed by atoms with Crippen LogP contribution in [0.3, 0.4) is 0 Å². The zero-order valence-electron chi connectivity index (χ0n) is 17.4. The summed E-state index contributed by atoms with van der Waals surface area (Å²) >= 11 is 0. The van der Waals surface area contributed by atoms with Gasteiger partial charge in [0, 0.05) is 18.8 Å². The molecule has 1 aromatic heterocycles. The monoisotopic (exact) mass is 406 g/mol. The van der Waals surface area contributed by atoms with Crippen LogP contribution >= 0.6 is 0 Å². The Morgan fingerprint density at radius 2 is 1.67 bits per heavy atom. The number of methoxy groups -OCH3 is 1. The molecular weight excluding hydrogens is 380 g/mol. The van der Waals surface area contributed by atoms with Gasteiger partial charge in [0.25, 0.3) is 11.5 Å². The van der Waals surface area contributed by atoms with E-state index in [1.165, 1.54) is 17.6 Å². The number of ether oxygens (including phenoxy) is 1. The highest BCUT2D eigenvalue weighted by molar-refractivity contribution is 5.84. The molecule has 1 heterocycles. The van der Waals surface area contributed by atoms with Crippen LogP contribution in [0.4, 0.5) is 0 Å². The predicted octanol–water partition coefficient (Wildman–Crippen LogP) is 2.90. The highest BCUT2D eigenvalue weighted by atomic mass is 16.5. The summed E-state index contributed by atoms with van der Waals surface area (Å²) in [6.45, 7) is 3.38. The van der Waals surface area contributed by atoms with Crippen molar-refractivity contribution in [1.29, 1.82) is 0 Å². The first-order valence-corrected chi connectivity index (χ1v) is 9.70. The number of aliphatic hydroxyl groups is 1. The normalized spacial score (nSPS) is 12.8. The third-order valence-electron chi connectivity index (χ3n) is 4.95. The molecule has 0 aliphatic carbocycles. The molecule has 0 saturated carbocycles. The number of benzene rings is 2. The molecule has 0 radical (unpaired) electrons. The SMILES string of the molecule is COc1ccc(-c2ccc(CNC(=O)C(C)(O)Cn3ccc(C)cc3=O)cc2)cc1. The van der Waals surface area contributed by atoms with Crippen LogP contribution in [0.15, 0.2) is 71.7 Å². The maximum atomic E-state index is 12.5. The summed E-state index contributed by atoms with van der Waals surface area (Å²) in [6.07, 6.45) is 1.58. The zero-order chi connectivity index (χ0) is 21.7. The molecule has 0 saturated heterocycles. The number of hydrogen-bond donors (Lipinski definition) is 2. The predicted molar refractivity (Wildman–Crippen MR) is 116 cm³/mol. The molecule has 6 nitrogen and oxygen atoms in total. The van der Waals surface area contributed by atoms with Crippen molar-refractivity contribution < 1.29 is 14.6 Å². The summed E-state index contributed by atoms with van der Waals surface area (Å²) in [5.74, 6) is 0.271. The van der Waals surface area contributed by atoms with Crippen molar-refractivity contribution in [2.24, 2.45) is 0 Å². The lowest BCUT2D eigenvalue weighted by Gasteiger charge is -2.23. The van der Waals surface area contributed by atoms with Crippen LogP contribution in [0, 0.1) is 6.92 Å². The van der Waals surface area contributed by atoms with E-state index in [1.807, 2.05) is 55.5 Å². The van der Waals surface area contributed by atoms with Crippen molar-refractivity contribution in [1.82, 2.24) is 9.88 Å². The first kappa shape index (κ1) is 21.3. The molecule has 1 unspecified atom stereocenters. The Morgan fingerprint density at radius 3 is 2.23 bits per heavy atom. The van der Waals surface area contributed by atoms with Gasteiger partial charge in [-0.25, -0.2) is 0 Å². The van der Waals surface area contributed by atoms with E-state index in [0.29, 0.717) is 0 Å². The number of rotatable bonds is 7. The number of aryl methyl sites for hydroxylation is 1. The number of nitrogens with zero attached hydrogens (tertiary/aromatic N) is 1. The Hall–Kier alpha value is -3.38. The minimum atomic E-state index is -1.71. The van der Waals surface area contributed by atoms with Crippen LogP contribution in [0.2, 0.25) is 0 Å². The maximum Gasteiger partial charge on any atom is 0.253 e. The highest BCUT2D eigenvalue weighted by Gasteiger charge is 2.30. The fraction of sp³-hybridized carbons (Fsp3) is 0.250. The summed E-state index contributed by atoms with van der Waals surface area (Å²) in [5.41, 5.74) is 1.90. The number of amides is 1.